The van der Waals surface area contributed by atoms with Crippen molar-refractivity contribution in [3.8, 4) is 44.7 Å². The van der Waals surface area contributed by atoms with Crippen molar-refractivity contribution < 1.29 is 4.42 Å². The zero-order valence-electron chi connectivity index (χ0n) is 29.5. The van der Waals surface area contributed by atoms with Crippen molar-refractivity contribution in [2.45, 2.75) is 17.2 Å². The van der Waals surface area contributed by atoms with E-state index in [4.69, 9.17) is 4.42 Å². The predicted molar refractivity (Wildman–Crippen MR) is 229 cm³/mol. The first-order chi connectivity index (χ1) is 26.8. The van der Waals surface area contributed by atoms with Gasteiger partial charge in [-0.25, -0.2) is 0 Å². The van der Waals surface area contributed by atoms with Gasteiger partial charge in [0.1, 0.15) is 11.3 Å². The molecule has 0 spiro atoms. The van der Waals surface area contributed by atoms with E-state index in [0.29, 0.717) is 5.92 Å². The van der Waals surface area contributed by atoms with Gasteiger partial charge in [-0.3, -0.25) is 0 Å². The molecule has 1 unspecified atom stereocenters. The van der Waals surface area contributed by atoms with Gasteiger partial charge in [0, 0.05) is 32.2 Å². The third-order valence-corrected chi connectivity index (χ3v) is 12.6. The Balaban J connectivity index is 1.06. The van der Waals surface area contributed by atoms with Crippen LogP contribution >= 0.6 is 11.8 Å². The lowest BCUT2D eigenvalue weighted by Crippen LogP contribution is -2.00. The van der Waals surface area contributed by atoms with Gasteiger partial charge >= 0.3 is 0 Å². The second-order valence-electron chi connectivity index (χ2n) is 14.3. The molecule has 8 aromatic carbocycles. The Morgan fingerprint density at radius 1 is 0.444 bits per heavy atom. The van der Waals surface area contributed by atoms with E-state index >= 15 is 0 Å². The minimum absolute atomic E-state index is 0.427. The summed E-state index contributed by atoms with van der Waals surface area (Å²) in [5.41, 5.74) is 13.2. The summed E-state index contributed by atoms with van der Waals surface area (Å²) in [6.07, 6.45) is 5.70. The summed E-state index contributed by atoms with van der Waals surface area (Å²) in [4.78, 5) is 2.82. The molecule has 2 heteroatoms. The fraction of sp³-hybridized carbons (Fsp3) is 0.0385. The van der Waals surface area contributed by atoms with E-state index < -0.39 is 0 Å². The Bertz CT molecular complexity index is 2910. The van der Waals surface area contributed by atoms with Crippen LogP contribution < -0.4 is 0 Å². The van der Waals surface area contributed by atoms with Crippen LogP contribution in [0.2, 0.25) is 0 Å². The number of thioether (sulfide) groups is 1. The summed E-state index contributed by atoms with van der Waals surface area (Å²) in [6.45, 7) is 0. The average molecular weight is 707 g/mol. The molecule has 0 N–H and O–H groups in total. The summed E-state index contributed by atoms with van der Waals surface area (Å²) in [6, 6.07) is 63.8. The Morgan fingerprint density at radius 3 is 1.61 bits per heavy atom. The molecule has 0 bridgehead atoms. The fourth-order valence-electron chi connectivity index (χ4n) is 8.81. The van der Waals surface area contributed by atoms with E-state index in [-0.39, 0.29) is 0 Å². The number of allylic oxidation sites excluding steroid dienone is 4. The lowest BCUT2D eigenvalue weighted by molar-refractivity contribution is 0.632. The number of benzene rings is 8. The molecular formula is C52H34OS. The first kappa shape index (κ1) is 31.2. The summed E-state index contributed by atoms with van der Waals surface area (Å²) in [5, 5.41) is 6.16. The molecule has 0 radical (unpaired) electrons. The number of rotatable bonds is 5. The smallest absolute Gasteiger partial charge is 0.143 e. The van der Waals surface area contributed by atoms with Gasteiger partial charge in [0.05, 0.1) is 0 Å². The molecule has 2 heterocycles. The minimum Gasteiger partial charge on any atom is -0.455 e. The molecule has 1 aliphatic heterocycles. The zero-order chi connectivity index (χ0) is 35.6. The van der Waals surface area contributed by atoms with Crippen LogP contribution in [0.15, 0.2) is 202 Å². The molecule has 0 fully saturated rings. The largest absolute Gasteiger partial charge is 0.455 e. The molecule has 54 heavy (non-hydrogen) atoms. The molecular weight excluding hydrogens is 673 g/mol. The number of hydrogen-bond donors (Lipinski definition) is 0. The van der Waals surface area contributed by atoms with Crippen molar-refractivity contribution in [1.29, 1.82) is 0 Å². The van der Waals surface area contributed by atoms with E-state index in [1.807, 2.05) is 11.8 Å². The molecule has 1 aromatic heterocycles. The van der Waals surface area contributed by atoms with Crippen LogP contribution in [-0.4, -0.2) is 0 Å². The summed E-state index contributed by atoms with van der Waals surface area (Å²) in [5.74, 6) is 1.33. The van der Waals surface area contributed by atoms with Gasteiger partial charge < -0.3 is 4.42 Å². The molecule has 11 rings (SSSR count). The van der Waals surface area contributed by atoms with Crippen LogP contribution in [0, 0.1) is 0 Å². The van der Waals surface area contributed by atoms with E-state index in [0.717, 1.165) is 39.8 Å². The van der Waals surface area contributed by atoms with E-state index in [2.05, 4.69) is 188 Å². The third-order valence-electron chi connectivity index (χ3n) is 11.2. The SMILES string of the molecule is C1=CC(c2ccc3c(-c4ccc(-c5c6ccccc6c(-c6ccccc6)c6ccccc56)cc4)c(-c4ccccc4)oc3c2)=C2Sc3ccccc3C2C1. The normalized spacial score (nSPS) is 14.9. The summed E-state index contributed by atoms with van der Waals surface area (Å²) in [7, 11) is 0. The van der Waals surface area contributed by atoms with E-state index in [1.54, 1.807) is 0 Å². The maximum absolute atomic E-state index is 6.88. The van der Waals surface area contributed by atoms with Crippen molar-refractivity contribution in [2.75, 3.05) is 0 Å². The van der Waals surface area contributed by atoms with E-state index in [9.17, 15) is 0 Å². The second kappa shape index (κ2) is 12.7. The zero-order valence-corrected chi connectivity index (χ0v) is 30.3. The Morgan fingerprint density at radius 2 is 0.963 bits per heavy atom. The highest BCUT2D eigenvalue weighted by atomic mass is 32.2. The predicted octanol–water partition coefficient (Wildman–Crippen LogP) is 15.0. The monoisotopic (exact) mass is 706 g/mol. The molecule has 1 aliphatic carbocycles. The van der Waals surface area contributed by atoms with Crippen molar-refractivity contribution in [1.82, 2.24) is 0 Å². The number of fused-ring (bicyclic) bond motifs is 6. The fourth-order valence-corrected chi connectivity index (χ4v) is 10.2. The summed E-state index contributed by atoms with van der Waals surface area (Å²) >= 11 is 1.93. The molecule has 9 aromatic rings. The van der Waals surface area contributed by atoms with Crippen LogP contribution in [0.3, 0.4) is 0 Å². The molecule has 254 valence electrons. The van der Waals surface area contributed by atoms with Crippen molar-refractivity contribution >= 4 is 49.8 Å². The average Bonchev–Trinajstić information content (AvgIpc) is 3.82. The maximum Gasteiger partial charge on any atom is 0.143 e. The highest BCUT2D eigenvalue weighted by molar-refractivity contribution is 8.03. The van der Waals surface area contributed by atoms with Crippen LogP contribution in [-0.2, 0) is 0 Å². The molecule has 2 aliphatic rings. The third kappa shape index (κ3) is 4.95. The number of hydrogen-bond acceptors (Lipinski definition) is 2. The van der Waals surface area contributed by atoms with Gasteiger partial charge in [-0.15, -0.1) is 0 Å². The lowest BCUT2D eigenvalue weighted by atomic mass is 9.85. The molecule has 0 saturated carbocycles. The molecule has 1 atom stereocenters. The van der Waals surface area contributed by atoms with Crippen LogP contribution in [0.1, 0.15) is 23.5 Å². The van der Waals surface area contributed by atoms with Crippen LogP contribution in [0.4, 0.5) is 0 Å². The summed E-state index contributed by atoms with van der Waals surface area (Å²) < 4.78 is 6.88. The maximum atomic E-state index is 6.88. The minimum atomic E-state index is 0.427. The highest BCUT2D eigenvalue weighted by Gasteiger charge is 2.31. The van der Waals surface area contributed by atoms with Gasteiger partial charge in [-0.05, 0) is 90.7 Å². The first-order valence-corrected chi connectivity index (χ1v) is 19.5. The van der Waals surface area contributed by atoms with Gasteiger partial charge in [0.15, 0.2) is 0 Å². The number of furan rings is 1. The van der Waals surface area contributed by atoms with Crippen molar-refractivity contribution in [2.24, 2.45) is 0 Å². The van der Waals surface area contributed by atoms with Crippen molar-refractivity contribution in [3.63, 3.8) is 0 Å². The molecule has 0 saturated heterocycles. The first-order valence-electron chi connectivity index (χ1n) is 18.7. The Kier molecular flexibility index (Phi) is 7.31. The quantitative estimate of drug-likeness (QED) is 0.165. The van der Waals surface area contributed by atoms with Gasteiger partial charge in [-0.2, -0.15) is 0 Å². The van der Waals surface area contributed by atoms with E-state index in [1.165, 1.54) is 70.3 Å². The van der Waals surface area contributed by atoms with Crippen LogP contribution in [0.5, 0.6) is 0 Å². The topological polar surface area (TPSA) is 13.1 Å². The van der Waals surface area contributed by atoms with Crippen molar-refractivity contribution in [3.05, 3.63) is 204 Å². The molecule has 0 amide bonds. The van der Waals surface area contributed by atoms with Gasteiger partial charge in [0.2, 0.25) is 0 Å². The van der Waals surface area contributed by atoms with Crippen LogP contribution in [0.25, 0.3) is 82.8 Å². The lowest BCUT2D eigenvalue weighted by Gasteiger charge is -2.19. The van der Waals surface area contributed by atoms with Gasteiger partial charge in [-0.1, -0.05) is 182 Å². The second-order valence-corrected chi connectivity index (χ2v) is 15.4. The Labute approximate surface area is 318 Å². The Hall–Kier alpha value is -6.35. The van der Waals surface area contributed by atoms with Gasteiger partial charge in [0.25, 0.3) is 0 Å². The standard InChI is InChI=1S/C52H34OS/c1-3-14-33(15-4-1)48-40-19-7-9-21-42(40)49(43-22-10-8-20-41(43)48)34-26-28-35(29-27-34)50-45-31-30-37(32-46(45)53-51(50)36-16-5-2-6-17-36)38-23-13-24-44-39-18-11-12-25-47(39)54-52(38)44/h1-23,25-32,44H,24H2. The molecule has 1 nitrogen and oxygen atoms in total. The highest BCUT2D eigenvalue weighted by Crippen LogP contribution is 2.55.